The molecule has 0 aliphatic carbocycles. The summed E-state index contributed by atoms with van der Waals surface area (Å²) in [7, 11) is 0. The quantitative estimate of drug-likeness (QED) is 0.605. The summed E-state index contributed by atoms with van der Waals surface area (Å²) in [5.41, 5.74) is 0.611. The Balaban J connectivity index is 0.000000211. The molecule has 2 rings (SSSR count). The van der Waals surface area contributed by atoms with Gasteiger partial charge in [0.25, 0.3) is 0 Å². The van der Waals surface area contributed by atoms with E-state index in [4.69, 9.17) is 4.74 Å². The molecule has 0 unspecified atom stereocenters. The lowest BCUT2D eigenvalue weighted by atomic mass is 9.80. The van der Waals surface area contributed by atoms with Gasteiger partial charge in [-0.1, -0.05) is 34.1 Å². The van der Waals surface area contributed by atoms with E-state index in [1.807, 2.05) is 13.8 Å². The molecule has 0 aromatic heterocycles. The molecule has 12 heavy (non-hydrogen) atoms. The molecule has 2 nitrogen and oxygen atoms in total. The largest absolute Gasteiger partial charge is 0.380 e. The Labute approximate surface area is 76.7 Å². The smallest absolute Gasteiger partial charge is 0.0569 e. The van der Waals surface area contributed by atoms with Crippen LogP contribution in [0, 0.1) is 5.41 Å². The topological polar surface area (TPSA) is 21.3 Å². The van der Waals surface area contributed by atoms with Crippen LogP contribution in [0.4, 0.5) is 0 Å². The van der Waals surface area contributed by atoms with E-state index >= 15 is 0 Å². The highest BCUT2D eigenvalue weighted by Gasteiger charge is 2.43. The minimum absolute atomic E-state index is 0.611. The molecule has 2 saturated heterocycles. The number of hydrogen-bond donors (Lipinski definition) is 1. The van der Waals surface area contributed by atoms with Gasteiger partial charge >= 0.3 is 0 Å². The van der Waals surface area contributed by atoms with Crippen LogP contribution in [0.25, 0.3) is 0 Å². The Morgan fingerprint density at radius 2 is 1.58 bits per heavy atom. The van der Waals surface area contributed by atoms with Crippen molar-refractivity contribution in [1.29, 1.82) is 0 Å². The molecule has 0 aromatic rings. The van der Waals surface area contributed by atoms with Gasteiger partial charge in [-0.25, -0.2) is 0 Å². The Morgan fingerprint density at radius 3 is 1.58 bits per heavy atom. The Morgan fingerprint density at radius 1 is 1.17 bits per heavy atom. The Bertz CT molecular complexity index is 80.5. The van der Waals surface area contributed by atoms with Gasteiger partial charge in [-0.05, 0) is 0 Å². The lowest BCUT2D eigenvalue weighted by molar-refractivity contribution is -0.139. The standard InChI is InChI=1S/C5H9NO.C3H8.C2H6/c1-5(2-6-1)3-7-4-5;1-3-2;1-2/h6H,1-4H2;3H2,1-2H3;1-2H3. The normalized spacial score (nSPS) is 22.0. The summed E-state index contributed by atoms with van der Waals surface area (Å²) in [6.45, 7) is 12.6. The molecular weight excluding hydrogens is 150 g/mol. The molecule has 2 heteroatoms. The predicted molar refractivity (Wildman–Crippen MR) is 53.4 cm³/mol. The maximum absolute atomic E-state index is 5.04. The van der Waals surface area contributed by atoms with Gasteiger partial charge in [-0.15, -0.1) is 0 Å². The molecule has 2 aliphatic rings. The van der Waals surface area contributed by atoms with Gasteiger partial charge in [-0.2, -0.15) is 0 Å². The van der Waals surface area contributed by atoms with Crippen molar-refractivity contribution < 1.29 is 4.74 Å². The summed E-state index contributed by atoms with van der Waals surface area (Å²) in [6.07, 6.45) is 1.25. The summed E-state index contributed by atoms with van der Waals surface area (Å²) in [5.74, 6) is 0. The molecule has 0 aromatic carbocycles. The SMILES string of the molecule is C1NCC12COC2.CC.CCC. The molecule has 74 valence electrons. The van der Waals surface area contributed by atoms with Crippen molar-refractivity contribution in [3.8, 4) is 0 Å². The maximum atomic E-state index is 5.04. The number of nitrogens with one attached hydrogen (secondary N) is 1. The van der Waals surface area contributed by atoms with E-state index in [1.165, 1.54) is 19.5 Å². The summed E-state index contributed by atoms with van der Waals surface area (Å²) < 4.78 is 5.04. The highest BCUT2D eigenvalue weighted by atomic mass is 16.5. The van der Waals surface area contributed by atoms with Crippen molar-refractivity contribution in [2.75, 3.05) is 26.3 Å². The van der Waals surface area contributed by atoms with Gasteiger partial charge in [-0.3, -0.25) is 0 Å². The second-order valence-corrected chi connectivity index (χ2v) is 3.30. The van der Waals surface area contributed by atoms with Gasteiger partial charge in [0, 0.05) is 18.5 Å². The van der Waals surface area contributed by atoms with Gasteiger partial charge in [0.1, 0.15) is 0 Å². The van der Waals surface area contributed by atoms with Gasteiger partial charge in [0.15, 0.2) is 0 Å². The van der Waals surface area contributed by atoms with Crippen molar-refractivity contribution in [2.45, 2.75) is 34.1 Å². The van der Waals surface area contributed by atoms with Crippen LogP contribution in [-0.4, -0.2) is 26.3 Å². The minimum Gasteiger partial charge on any atom is -0.380 e. The average Bonchev–Trinajstić information content (AvgIpc) is 1.87. The molecule has 0 bridgehead atoms. The Kier molecular flexibility index (Phi) is 6.39. The van der Waals surface area contributed by atoms with Crippen molar-refractivity contribution in [2.24, 2.45) is 5.41 Å². The van der Waals surface area contributed by atoms with Gasteiger partial charge in [0.2, 0.25) is 0 Å². The first-order chi connectivity index (χ1) is 5.83. The molecule has 0 radical (unpaired) electrons. The summed E-state index contributed by atoms with van der Waals surface area (Å²) in [4.78, 5) is 0. The molecule has 0 amide bonds. The van der Waals surface area contributed by atoms with Crippen LogP contribution in [0.3, 0.4) is 0 Å². The fourth-order valence-corrected chi connectivity index (χ4v) is 1.07. The third-order valence-corrected chi connectivity index (χ3v) is 1.82. The zero-order valence-corrected chi connectivity index (χ0v) is 8.94. The Hall–Kier alpha value is -0.0800. The summed E-state index contributed by atoms with van der Waals surface area (Å²) in [6, 6.07) is 0. The van der Waals surface area contributed by atoms with E-state index < -0.39 is 0 Å². The second kappa shape index (κ2) is 6.44. The van der Waals surface area contributed by atoms with E-state index in [0.717, 1.165) is 13.2 Å². The summed E-state index contributed by atoms with van der Waals surface area (Å²) in [5, 5.41) is 3.22. The first-order valence-corrected chi connectivity index (χ1v) is 5.11. The van der Waals surface area contributed by atoms with Crippen molar-refractivity contribution in [1.82, 2.24) is 5.32 Å². The van der Waals surface area contributed by atoms with Crippen LogP contribution in [0.1, 0.15) is 34.1 Å². The molecule has 0 saturated carbocycles. The molecule has 1 N–H and O–H groups in total. The van der Waals surface area contributed by atoms with Crippen LogP contribution in [-0.2, 0) is 4.74 Å². The van der Waals surface area contributed by atoms with Crippen LogP contribution in [0.2, 0.25) is 0 Å². The van der Waals surface area contributed by atoms with Crippen molar-refractivity contribution in [3.05, 3.63) is 0 Å². The van der Waals surface area contributed by atoms with Crippen LogP contribution in [0.5, 0.6) is 0 Å². The predicted octanol–water partition coefficient (Wildman–Crippen LogP) is 2.05. The molecular formula is C10H23NO. The second-order valence-electron chi connectivity index (χ2n) is 3.30. The monoisotopic (exact) mass is 173 g/mol. The van der Waals surface area contributed by atoms with Crippen LogP contribution >= 0.6 is 0 Å². The molecule has 0 atom stereocenters. The number of ether oxygens (including phenoxy) is 1. The molecule has 2 fully saturated rings. The lowest BCUT2D eigenvalue weighted by Gasteiger charge is -2.48. The van der Waals surface area contributed by atoms with Crippen LogP contribution < -0.4 is 5.32 Å². The van der Waals surface area contributed by atoms with Crippen LogP contribution in [0.15, 0.2) is 0 Å². The zero-order chi connectivity index (χ0) is 9.45. The number of rotatable bonds is 0. The maximum Gasteiger partial charge on any atom is 0.0569 e. The molecule has 1 spiro atoms. The van der Waals surface area contributed by atoms with Gasteiger partial charge < -0.3 is 10.1 Å². The summed E-state index contributed by atoms with van der Waals surface area (Å²) >= 11 is 0. The molecule has 2 aliphatic heterocycles. The first kappa shape index (κ1) is 11.9. The fourth-order valence-electron chi connectivity index (χ4n) is 1.07. The number of hydrogen-bond acceptors (Lipinski definition) is 2. The highest BCUT2D eigenvalue weighted by molar-refractivity contribution is 4.96. The minimum atomic E-state index is 0.611. The van der Waals surface area contributed by atoms with E-state index in [2.05, 4.69) is 19.2 Å². The van der Waals surface area contributed by atoms with Crippen molar-refractivity contribution >= 4 is 0 Å². The zero-order valence-electron chi connectivity index (χ0n) is 8.94. The third-order valence-electron chi connectivity index (χ3n) is 1.82. The van der Waals surface area contributed by atoms with E-state index in [9.17, 15) is 0 Å². The van der Waals surface area contributed by atoms with E-state index in [1.54, 1.807) is 0 Å². The first-order valence-electron chi connectivity index (χ1n) is 5.11. The molecule has 2 heterocycles. The van der Waals surface area contributed by atoms with Gasteiger partial charge in [0.05, 0.1) is 13.2 Å². The fraction of sp³-hybridized carbons (Fsp3) is 1.00. The lowest BCUT2D eigenvalue weighted by Crippen LogP contribution is -2.64. The van der Waals surface area contributed by atoms with Crippen molar-refractivity contribution in [3.63, 3.8) is 0 Å². The van der Waals surface area contributed by atoms with E-state index in [0.29, 0.717) is 5.41 Å². The average molecular weight is 173 g/mol. The third kappa shape index (κ3) is 3.11. The van der Waals surface area contributed by atoms with E-state index in [-0.39, 0.29) is 0 Å². The highest BCUT2D eigenvalue weighted by Crippen LogP contribution is 2.30.